The Bertz CT molecular complexity index is 673. The summed E-state index contributed by atoms with van der Waals surface area (Å²) in [5, 5.41) is 0. The molecule has 0 bridgehead atoms. The van der Waals surface area contributed by atoms with Crippen molar-refractivity contribution in [3.63, 3.8) is 0 Å². The molecule has 1 saturated heterocycles. The Morgan fingerprint density at radius 2 is 2.00 bits per heavy atom. The van der Waals surface area contributed by atoms with Crippen molar-refractivity contribution in [2.45, 2.75) is 32.6 Å². The van der Waals surface area contributed by atoms with Crippen LogP contribution in [0, 0.1) is 5.92 Å². The van der Waals surface area contributed by atoms with Gasteiger partial charge in [0.1, 0.15) is 5.69 Å². The van der Waals surface area contributed by atoms with E-state index in [1.165, 1.54) is 0 Å². The number of hydrogen-bond donors (Lipinski definition) is 0. The van der Waals surface area contributed by atoms with Gasteiger partial charge < -0.3 is 9.47 Å². The van der Waals surface area contributed by atoms with Crippen LogP contribution in [0.4, 0.5) is 0 Å². The first-order valence-corrected chi connectivity index (χ1v) is 8.22. The van der Waals surface area contributed by atoms with Gasteiger partial charge in [-0.3, -0.25) is 9.78 Å². The summed E-state index contributed by atoms with van der Waals surface area (Å²) in [5.74, 6) is 0.841. The maximum absolute atomic E-state index is 11.7. The lowest BCUT2D eigenvalue weighted by atomic mass is 9.92. The highest BCUT2D eigenvalue weighted by atomic mass is 16.2. The molecule has 3 heterocycles. The summed E-state index contributed by atoms with van der Waals surface area (Å²) in [4.78, 5) is 26.9. The number of amides is 1. The molecule has 1 aliphatic heterocycles. The number of carbonyl (C=O) groups excluding carboxylic acids is 1. The second-order valence-corrected chi connectivity index (χ2v) is 6.17. The number of rotatable bonds is 4. The third-order valence-corrected chi connectivity index (χ3v) is 4.53. The van der Waals surface area contributed by atoms with E-state index in [2.05, 4.69) is 9.97 Å². The average Bonchev–Trinajstić information content (AvgIpc) is 3.01. The van der Waals surface area contributed by atoms with Gasteiger partial charge in [0.25, 0.3) is 0 Å². The fourth-order valence-corrected chi connectivity index (χ4v) is 3.14. The van der Waals surface area contributed by atoms with Gasteiger partial charge in [-0.1, -0.05) is 6.92 Å². The number of carbonyl (C=O) groups is 1. The number of aryl methyl sites for hydroxylation is 1. The molecule has 6 heteroatoms. The van der Waals surface area contributed by atoms with Crippen LogP contribution in [0.25, 0.3) is 11.4 Å². The van der Waals surface area contributed by atoms with E-state index < -0.39 is 0 Å². The van der Waals surface area contributed by atoms with Gasteiger partial charge in [0, 0.05) is 32.8 Å². The summed E-state index contributed by atoms with van der Waals surface area (Å²) >= 11 is 0. The van der Waals surface area contributed by atoms with Crippen molar-refractivity contribution >= 4 is 5.91 Å². The van der Waals surface area contributed by atoms with Crippen LogP contribution in [0.15, 0.2) is 24.9 Å². The van der Waals surface area contributed by atoms with Gasteiger partial charge in [-0.15, -0.1) is 0 Å². The van der Waals surface area contributed by atoms with Crippen LogP contribution in [-0.4, -0.2) is 43.4 Å². The molecule has 0 saturated carbocycles. The van der Waals surface area contributed by atoms with Gasteiger partial charge >= 0.3 is 0 Å². The number of aromatic nitrogens is 4. The van der Waals surface area contributed by atoms with Crippen LogP contribution < -0.4 is 0 Å². The fraction of sp³-hybridized carbons (Fsp3) is 0.529. The van der Waals surface area contributed by atoms with Crippen molar-refractivity contribution in [3.05, 3.63) is 30.6 Å². The summed E-state index contributed by atoms with van der Waals surface area (Å²) in [5.41, 5.74) is 2.85. The van der Waals surface area contributed by atoms with Gasteiger partial charge in [-0.25, -0.2) is 9.97 Å². The van der Waals surface area contributed by atoms with Crippen LogP contribution in [0.2, 0.25) is 0 Å². The molecule has 122 valence electrons. The smallest absolute Gasteiger partial charge is 0.222 e. The summed E-state index contributed by atoms with van der Waals surface area (Å²) in [6, 6.07) is 0. The van der Waals surface area contributed by atoms with Gasteiger partial charge in [0.05, 0.1) is 30.1 Å². The molecule has 0 radical (unpaired) electrons. The molecule has 0 aromatic carbocycles. The minimum Gasteiger partial charge on any atom is -0.343 e. The largest absolute Gasteiger partial charge is 0.343 e. The van der Waals surface area contributed by atoms with Gasteiger partial charge in [0.2, 0.25) is 5.91 Å². The number of hydrogen-bond acceptors (Lipinski definition) is 4. The number of piperidine rings is 1. The number of nitrogens with zero attached hydrogens (tertiary/aromatic N) is 5. The SMILES string of the molecule is CCC(=O)N1CCC(Cc2cncc(-c3cncn3C)n2)CC1. The third-order valence-electron chi connectivity index (χ3n) is 4.53. The van der Waals surface area contributed by atoms with Crippen molar-refractivity contribution in [1.82, 2.24) is 24.4 Å². The van der Waals surface area contributed by atoms with Gasteiger partial charge in [-0.05, 0) is 25.2 Å². The van der Waals surface area contributed by atoms with E-state index >= 15 is 0 Å². The van der Waals surface area contributed by atoms with E-state index in [0.29, 0.717) is 12.3 Å². The maximum atomic E-state index is 11.7. The molecule has 0 aliphatic carbocycles. The van der Waals surface area contributed by atoms with E-state index in [1.54, 1.807) is 12.5 Å². The topological polar surface area (TPSA) is 63.9 Å². The molecule has 1 fully saturated rings. The van der Waals surface area contributed by atoms with Crippen molar-refractivity contribution in [1.29, 1.82) is 0 Å². The molecule has 1 amide bonds. The summed E-state index contributed by atoms with van der Waals surface area (Å²) in [6.45, 7) is 3.66. The zero-order valence-corrected chi connectivity index (χ0v) is 13.8. The highest BCUT2D eigenvalue weighted by molar-refractivity contribution is 5.75. The Labute approximate surface area is 136 Å². The lowest BCUT2D eigenvalue weighted by Gasteiger charge is -2.31. The maximum Gasteiger partial charge on any atom is 0.222 e. The lowest BCUT2D eigenvalue weighted by Crippen LogP contribution is -2.38. The molecule has 23 heavy (non-hydrogen) atoms. The Morgan fingerprint density at radius 3 is 2.65 bits per heavy atom. The van der Waals surface area contributed by atoms with Crippen LogP contribution in [0.3, 0.4) is 0 Å². The number of likely N-dealkylation sites (tertiary alicyclic amines) is 1. The Hall–Kier alpha value is -2.24. The third kappa shape index (κ3) is 3.57. The summed E-state index contributed by atoms with van der Waals surface area (Å²) in [7, 11) is 1.96. The molecule has 1 aliphatic rings. The zero-order chi connectivity index (χ0) is 16.2. The molecule has 0 unspecified atom stereocenters. The minimum atomic E-state index is 0.265. The summed E-state index contributed by atoms with van der Waals surface area (Å²) in [6.07, 6.45) is 10.8. The Balaban J connectivity index is 1.63. The second kappa shape index (κ2) is 6.89. The molecule has 2 aromatic rings. The van der Waals surface area contributed by atoms with Crippen LogP contribution >= 0.6 is 0 Å². The van der Waals surface area contributed by atoms with E-state index in [-0.39, 0.29) is 5.91 Å². The van der Waals surface area contributed by atoms with E-state index in [4.69, 9.17) is 4.98 Å². The first-order chi connectivity index (χ1) is 11.2. The highest BCUT2D eigenvalue weighted by Gasteiger charge is 2.22. The summed E-state index contributed by atoms with van der Waals surface area (Å²) < 4.78 is 1.95. The second-order valence-electron chi connectivity index (χ2n) is 6.17. The fourth-order valence-electron chi connectivity index (χ4n) is 3.14. The highest BCUT2D eigenvalue weighted by Crippen LogP contribution is 2.22. The van der Waals surface area contributed by atoms with Gasteiger partial charge in [-0.2, -0.15) is 0 Å². The van der Waals surface area contributed by atoms with E-state index in [9.17, 15) is 4.79 Å². The van der Waals surface area contributed by atoms with E-state index in [1.807, 2.05) is 35.8 Å². The van der Waals surface area contributed by atoms with Crippen molar-refractivity contribution in [2.75, 3.05) is 13.1 Å². The monoisotopic (exact) mass is 313 g/mol. The molecule has 6 nitrogen and oxygen atoms in total. The van der Waals surface area contributed by atoms with Crippen LogP contribution in [0.1, 0.15) is 31.9 Å². The zero-order valence-electron chi connectivity index (χ0n) is 13.8. The Morgan fingerprint density at radius 1 is 1.22 bits per heavy atom. The van der Waals surface area contributed by atoms with Gasteiger partial charge in [0.15, 0.2) is 0 Å². The van der Waals surface area contributed by atoms with Crippen molar-refractivity contribution in [3.8, 4) is 11.4 Å². The Kier molecular flexibility index (Phi) is 4.69. The molecule has 0 atom stereocenters. The standard InChI is InChI=1S/C17H23N5O/c1-3-17(23)22-6-4-13(5-7-22)8-14-9-18-10-15(20-14)16-11-19-12-21(16)2/h9-13H,3-8H2,1-2H3. The molecular formula is C17H23N5O. The lowest BCUT2D eigenvalue weighted by molar-refractivity contribution is -0.132. The normalized spacial score (nSPS) is 15.8. The number of imidazole rings is 1. The van der Waals surface area contributed by atoms with Crippen LogP contribution in [-0.2, 0) is 18.3 Å². The molecule has 0 spiro atoms. The first-order valence-electron chi connectivity index (χ1n) is 8.22. The molecule has 3 rings (SSSR count). The first kappa shape index (κ1) is 15.6. The molecule has 2 aromatic heterocycles. The predicted octanol–water partition coefficient (Wildman–Crippen LogP) is 2.07. The molecular weight excluding hydrogens is 290 g/mol. The van der Waals surface area contributed by atoms with E-state index in [0.717, 1.165) is 49.4 Å². The minimum absolute atomic E-state index is 0.265. The molecule has 0 N–H and O–H groups in total. The quantitative estimate of drug-likeness (QED) is 0.867. The predicted molar refractivity (Wildman–Crippen MR) is 87.5 cm³/mol. The van der Waals surface area contributed by atoms with Crippen molar-refractivity contribution < 1.29 is 4.79 Å². The average molecular weight is 313 g/mol. The van der Waals surface area contributed by atoms with Crippen LogP contribution in [0.5, 0.6) is 0 Å². The van der Waals surface area contributed by atoms with Crippen molar-refractivity contribution in [2.24, 2.45) is 13.0 Å².